The maximum atomic E-state index is 6.17. The smallest absolute Gasteiger partial charge is 0.119 e. The Balaban J connectivity index is 2.25. The summed E-state index contributed by atoms with van der Waals surface area (Å²) in [7, 11) is 0. The van der Waals surface area contributed by atoms with E-state index in [1.807, 2.05) is 50.2 Å². The highest BCUT2D eigenvalue weighted by molar-refractivity contribution is 7.99. The lowest BCUT2D eigenvalue weighted by molar-refractivity contribution is 0.465. The molecule has 0 aliphatic rings. The second-order valence-electron chi connectivity index (χ2n) is 4.28. The van der Waals surface area contributed by atoms with Gasteiger partial charge < -0.3 is 10.2 Å². The molecule has 1 heterocycles. The van der Waals surface area contributed by atoms with Crippen LogP contribution in [0.2, 0.25) is 5.02 Å². The molecule has 0 saturated heterocycles. The van der Waals surface area contributed by atoms with Crippen LogP contribution in [0.5, 0.6) is 0 Å². The number of thioether (sulfide) groups is 1. The summed E-state index contributed by atoms with van der Waals surface area (Å²) in [6.07, 6.45) is 0. The molecule has 0 spiro atoms. The number of rotatable bonds is 4. The zero-order valence-corrected chi connectivity index (χ0v) is 12.0. The Hall–Kier alpha value is -0.900. The first-order valence-corrected chi connectivity index (χ1v) is 7.07. The molecule has 2 rings (SSSR count). The van der Waals surface area contributed by atoms with Gasteiger partial charge in [0.1, 0.15) is 11.5 Å². The third kappa shape index (κ3) is 3.10. The molecule has 0 amide bonds. The van der Waals surface area contributed by atoms with Crippen molar-refractivity contribution in [1.29, 1.82) is 0 Å². The molecule has 2 atom stereocenters. The Morgan fingerprint density at radius 2 is 1.94 bits per heavy atom. The first kappa shape index (κ1) is 13.5. The lowest BCUT2D eigenvalue weighted by Gasteiger charge is -2.18. The SMILES string of the molecule is Cc1ccc(C(Sc2ccccc2Cl)C(C)N)o1. The first-order valence-electron chi connectivity index (χ1n) is 5.81. The van der Waals surface area contributed by atoms with Crippen LogP contribution in [0.4, 0.5) is 0 Å². The Bertz CT molecular complexity index is 524. The average molecular weight is 282 g/mol. The van der Waals surface area contributed by atoms with Crippen LogP contribution in [-0.4, -0.2) is 6.04 Å². The van der Waals surface area contributed by atoms with Crippen molar-refractivity contribution in [1.82, 2.24) is 0 Å². The van der Waals surface area contributed by atoms with Gasteiger partial charge in [-0.2, -0.15) is 0 Å². The van der Waals surface area contributed by atoms with E-state index in [9.17, 15) is 0 Å². The monoisotopic (exact) mass is 281 g/mol. The topological polar surface area (TPSA) is 39.2 Å². The van der Waals surface area contributed by atoms with Gasteiger partial charge >= 0.3 is 0 Å². The van der Waals surface area contributed by atoms with Crippen molar-refractivity contribution in [3.63, 3.8) is 0 Å². The molecule has 0 saturated carbocycles. The molecule has 0 bridgehead atoms. The standard InChI is InChI=1S/C14H16ClNOS/c1-9-7-8-12(17-9)14(10(2)16)18-13-6-4-3-5-11(13)15/h3-8,10,14H,16H2,1-2H3. The normalized spacial score (nSPS) is 14.4. The van der Waals surface area contributed by atoms with E-state index in [-0.39, 0.29) is 11.3 Å². The van der Waals surface area contributed by atoms with Crippen LogP contribution in [-0.2, 0) is 0 Å². The molecule has 0 aliphatic carbocycles. The van der Waals surface area contributed by atoms with E-state index in [4.69, 9.17) is 21.8 Å². The van der Waals surface area contributed by atoms with Gasteiger partial charge in [-0.25, -0.2) is 0 Å². The van der Waals surface area contributed by atoms with Gasteiger partial charge in [0, 0.05) is 10.9 Å². The summed E-state index contributed by atoms with van der Waals surface area (Å²) in [5.74, 6) is 1.79. The van der Waals surface area contributed by atoms with Crippen LogP contribution in [0.25, 0.3) is 0 Å². The third-order valence-electron chi connectivity index (χ3n) is 2.61. The molecule has 1 aromatic heterocycles. The highest BCUT2D eigenvalue weighted by Crippen LogP contribution is 2.40. The van der Waals surface area contributed by atoms with Gasteiger partial charge in [0.05, 0.1) is 10.3 Å². The van der Waals surface area contributed by atoms with Gasteiger partial charge in [0.25, 0.3) is 0 Å². The number of furan rings is 1. The highest BCUT2D eigenvalue weighted by atomic mass is 35.5. The maximum Gasteiger partial charge on any atom is 0.119 e. The largest absolute Gasteiger partial charge is 0.465 e. The number of hydrogen-bond acceptors (Lipinski definition) is 3. The Morgan fingerprint density at radius 3 is 2.50 bits per heavy atom. The van der Waals surface area contributed by atoms with Crippen LogP contribution in [0, 0.1) is 6.92 Å². The molecule has 18 heavy (non-hydrogen) atoms. The molecule has 0 radical (unpaired) electrons. The molecule has 0 fully saturated rings. The van der Waals surface area contributed by atoms with Crippen molar-refractivity contribution in [2.24, 2.45) is 5.73 Å². The second-order valence-corrected chi connectivity index (χ2v) is 5.87. The van der Waals surface area contributed by atoms with Crippen LogP contribution in [0.1, 0.15) is 23.7 Å². The first-order chi connectivity index (χ1) is 8.58. The van der Waals surface area contributed by atoms with Crippen LogP contribution in [0.3, 0.4) is 0 Å². The quantitative estimate of drug-likeness (QED) is 0.843. The fourth-order valence-electron chi connectivity index (χ4n) is 1.71. The van der Waals surface area contributed by atoms with Crippen molar-refractivity contribution in [3.8, 4) is 0 Å². The fourth-order valence-corrected chi connectivity index (χ4v) is 3.05. The molecular weight excluding hydrogens is 266 g/mol. The second kappa shape index (κ2) is 5.83. The number of hydrogen-bond donors (Lipinski definition) is 1. The van der Waals surface area contributed by atoms with Crippen molar-refractivity contribution in [2.45, 2.75) is 30.0 Å². The van der Waals surface area contributed by atoms with Crippen molar-refractivity contribution in [2.75, 3.05) is 0 Å². The Morgan fingerprint density at radius 1 is 1.22 bits per heavy atom. The summed E-state index contributed by atoms with van der Waals surface area (Å²) >= 11 is 7.81. The summed E-state index contributed by atoms with van der Waals surface area (Å²) < 4.78 is 5.68. The summed E-state index contributed by atoms with van der Waals surface area (Å²) in [4.78, 5) is 1.02. The van der Waals surface area contributed by atoms with Crippen LogP contribution in [0.15, 0.2) is 45.7 Å². The zero-order chi connectivity index (χ0) is 13.1. The molecule has 2 N–H and O–H groups in total. The van der Waals surface area contributed by atoms with Crippen molar-refractivity contribution < 1.29 is 4.42 Å². The van der Waals surface area contributed by atoms with Gasteiger partial charge in [0.2, 0.25) is 0 Å². The van der Waals surface area contributed by atoms with Crippen molar-refractivity contribution >= 4 is 23.4 Å². The van der Waals surface area contributed by atoms with E-state index in [0.717, 1.165) is 21.4 Å². The minimum absolute atomic E-state index is 0.0168. The van der Waals surface area contributed by atoms with E-state index in [0.29, 0.717) is 0 Å². The van der Waals surface area contributed by atoms with Gasteiger partial charge in [-0.3, -0.25) is 0 Å². The Labute approximate surface area is 117 Å². The zero-order valence-electron chi connectivity index (χ0n) is 10.4. The molecule has 2 unspecified atom stereocenters. The summed E-state index contributed by atoms with van der Waals surface area (Å²) in [6.45, 7) is 3.91. The Kier molecular flexibility index (Phi) is 4.38. The van der Waals surface area contributed by atoms with Gasteiger partial charge in [-0.05, 0) is 38.1 Å². The molecule has 96 valence electrons. The van der Waals surface area contributed by atoms with Gasteiger partial charge in [-0.1, -0.05) is 23.7 Å². The summed E-state index contributed by atoms with van der Waals surface area (Å²) in [6, 6.07) is 11.7. The molecular formula is C14H16ClNOS. The van der Waals surface area contributed by atoms with E-state index >= 15 is 0 Å². The van der Waals surface area contributed by atoms with E-state index in [1.165, 1.54) is 0 Å². The van der Waals surface area contributed by atoms with E-state index in [1.54, 1.807) is 11.8 Å². The number of halogens is 1. The maximum absolute atomic E-state index is 6.17. The van der Waals surface area contributed by atoms with Crippen LogP contribution < -0.4 is 5.73 Å². The van der Waals surface area contributed by atoms with Gasteiger partial charge in [-0.15, -0.1) is 11.8 Å². The van der Waals surface area contributed by atoms with Gasteiger partial charge in [0.15, 0.2) is 0 Å². The summed E-state index contributed by atoms with van der Waals surface area (Å²) in [5.41, 5.74) is 6.05. The number of aryl methyl sites for hydroxylation is 1. The van der Waals surface area contributed by atoms with E-state index < -0.39 is 0 Å². The lowest BCUT2D eigenvalue weighted by Crippen LogP contribution is -2.22. The summed E-state index contributed by atoms with van der Waals surface area (Å²) in [5, 5.41) is 0.815. The predicted molar refractivity (Wildman–Crippen MR) is 77.1 cm³/mol. The molecule has 2 aromatic rings. The number of nitrogens with two attached hydrogens (primary N) is 1. The lowest BCUT2D eigenvalue weighted by atomic mass is 10.2. The predicted octanol–water partition coefficient (Wildman–Crippen LogP) is 4.42. The minimum atomic E-state index is -0.0168. The molecule has 1 aromatic carbocycles. The van der Waals surface area contributed by atoms with E-state index in [2.05, 4.69) is 0 Å². The fraction of sp³-hybridized carbons (Fsp3) is 0.286. The van der Waals surface area contributed by atoms with Crippen molar-refractivity contribution in [3.05, 3.63) is 52.9 Å². The molecule has 0 aliphatic heterocycles. The number of benzene rings is 1. The minimum Gasteiger partial charge on any atom is -0.465 e. The highest BCUT2D eigenvalue weighted by Gasteiger charge is 2.21. The molecule has 2 nitrogen and oxygen atoms in total. The van der Waals surface area contributed by atoms with Crippen LogP contribution >= 0.6 is 23.4 Å². The third-order valence-corrected chi connectivity index (χ3v) is 4.58. The average Bonchev–Trinajstić information content (AvgIpc) is 2.74. The molecule has 4 heteroatoms.